The molecule has 0 heterocycles. The molecule has 0 aliphatic heterocycles. The molecule has 242 valence electrons. The molecule has 0 rings (SSSR count). The number of aliphatic carboxylic acids is 2. The summed E-state index contributed by atoms with van der Waals surface area (Å²) in [4.78, 5) is 24.3. The van der Waals surface area contributed by atoms with E-state index in [1.807, 2.05) is 0 Å². The van der Waals surface area contributed by atoms with Crippen LogP contribution in [-0.4, -0.2) is 39.9 Å². The lowest BCUT2D eigenvalue weighted by Crippen LogP contribution is -2.55. The van der Waals surface area contributed by atoms with Gasteiger partial charge >= 0.3 is 11.9 Å². The molecule has 0 bridgehead atoms. The molecule has 0 aromatic carbocycles. The third-order valence-electron chi connectivity index (χ3n) is 7.93. The number of hydrogen-bond donors (Lipinski definition) is 5. The first-order valence-electron chi connectivity index (χ1n) is 15.6. The van der Waals surface area contributed by atoms with Crippen LogP contribution in [0.25, 0.3) is 0 Å². The molecule has 9 N–H and O–H groups in total. The maximum absolute atomic E-state index is 12.4. The summed E-state index contributed by atoms with van der Waals surface area (Å²) in [6, 6.07) is 0. The SMILES string of the molecule is CCCCCCCCCCCCCC(C(=O)O)C(CCCCCCCCCCCCC)(C(=O)O)S(=O)(=O)O.N.N. The van der Waals surface area contributed by atoms with Crippen molar-refractivity contribution >= 4 is 22.1 Å². The number of carbonyl (C=O) groups is 2. The number of carboxylic acid groups (broad SMARTS) is 2. The summed E-state index contributed by atoms with van der Waals surface area (Å²) < 4.78 is 32.0. The van der Waals surface area contributed by atoms with Gasteiger partial charge in [-0.3, -0.25) is 14.1 Å². The predicted octanol–water partition coefficient (Wildman–Crippen LogP) is 9.12. The van der Waals surface area contributed by atoms with Crippen molar-refractivity contribution in [1.82, 2.24) is 12.3 Å². The Labute approximate surface area is 245 Å². The van der Waals surface area contributed by atoms with Crippen LogP contribution in [0.5, 0.6) is 0 Å². The van der Waals surface area contributed by atoms with E-state index in [2.05, 4.69) is 13.8 Å². The summed E-state index contributed by atoms with van der Waals surface area (Å²) in [5, 5.41) is 19.7. The van der Waals surface area contributed by atoms with Crippen LogP contribution in [0.1, 0.15) is 168 Å². The van der Waals surface area contributed by atoms with E-state index in [0.717, 1.165) is 51.4 Å². The summed E-state index contributed by atoms with van der Waals surface area (Å²) in [6.07, 6.45) is 22.4. The van der Waals surface area contributed by atoms with Crippen molar-refractivity contribution in [3.05, 3.63) is 0 Å². The van der Waals surface area contributed by atoms with E-state index in [0.29, 0.717) is 12.8 Å². The standard InChI is InChI=1S/C30H58O7S.2H3N/c1-3-5-7-9-11-13-15-17-19-21-23-25-27(28(31)32)30(29(33)34,38(35,36)37)26-24-22-20-18-16-14-12-10-8-6-4-2;;/h27H,3-26H2,1-2H3,(H,31,32)(H,33,34)(H,35,36,37);2*1H3. The van der Waals surface area contributed by atoms with E-state index < -0.39 is 32.7 Å². The second kappa shape index (κ2) is 26.7. The largest absolute Gasteiger partial charge is 0.481 e. The molecule has 0 saturated carbocycles. The highest BCUT2D eigenvalue weighted by molar-refractivity contribution is 7.88. The highest BCUT2D eigenvalue weighted by Gasteiger charge is 2.58. The molecule has 40 heavy (non-hydrogen) atoms. The van der Waals surface area contributed by atoms with Gasteiger partial charge in [-0.25, -0.2) is 0 Å². The van der Waals surface area contributed by atoms with Crippen molar-refractivity contribution in [2.24, 2.45) is 5.92 Å². The maximum Gasteiger partial charge on any atom is 0.328 e. The smallest absolute Gasteiger partial charge is 0.328 e. The zero-order valence-corrected chi connectivity index (χ0v) is 26.7. The van der Waals surface area contributed by atoms with Gasteiger partial charge < -0.3 is 22.5 Å². The minimum Gasteiger partial charge on any atom is -0.481 e. The van der Waals surface area contributed by atoms with Gasteiger partial charge in [0.2, 0.25) is 4.75 Å². The van der Waals surface area contributed by atoms with E-state index in [-0.39, 0.29) is 31.6 Å². The monoisotopic (exact) mass is 596 g/mol. The van der Waals surface area contributed by atoms with Crippen molar-refractivity contribution in [3.63, 3.8) is 0 Å². The van der Waals surface area contributed by atoms with Gasteiger partial charge in [-0.2, -0.15) is 8.42 Å². The Kier molecular flexibility index (Phi) is 28.8. The number of unbranched alkanes of at least 4 members (excludes halogenated alkanes) is 20. The van der Waals surface area contributed by atoms with Gasteiger partial charge in [-0.05, 0) is 12.8 Å². The van der Waals surface area contributed by atoms with Gasteiger partial charge in [-0.15, -0.1) is 0 Å². The highest BCUT2D eigenvalue weighted by Crippen LogP contribution is 2.37. The Bertz CT molecular complexity index is 719. The summed E-state index contributed by atoms with van der Waals surface area (Å²) in [5.41, 5.74) is 0. The molecule has 0 spiro atoms. The Hall–Kier alpha value is -1.23. The van der Waals surface area contributed by atoms with Crippen LogP contribution >= 0.6 is 0 Å². The van der Waals surface area contributed by atoms with Gasteiger partial charge in [0.25, 0.3) is 10.1 Å². The lowest BCUT2D eigenvalue weighted by atomic mass is 9.82. The van der Waals surface area contributed by atoms with Gasteiger partial charge in [0, 0.05) is 0 Å². The van der Waals surface area contributed by atoms with Crippen molar-refractivity contribution in [3.8, 4) is 0 Å². The molecule has 9 nitrogen and oxygen atoms in total. The predicted molar refractivity (Wildman–Crippen MR) is 165 cm³/mol. The van der Waals surface area contributed by atoms with Crippen molar-refractivity contribution in [1.29, 1.82) is 0 Å². The Morgan fingerprint density at radius 3 is 1.15 bits per heavy atom. The van der Waals surface area contributed by atoms with E-state index in [4.69, 9.17) is 0 Å². The minimum absolute atomic E-state index is 0. The molecule has 0 radical (unpaired) electrons. The lowest BCUT2D eigenvalue weighted by Gasteiger charge is -2.32. The fourth-order valence-electron chi connectivity index (χ4n) is 5.47. The minimum atomic E-state index is -5.13. The van der Waals surface area contributed by atoms with Gasteiger partial charge in [-0.1, -0.05) is 155 Å². The molecule has 0 amide bonds. The Morgan fingerprint density at radius 2 is 0.875 bits per heavy atom. The molecule has 0 fully saturated rings. The van der Waals surface area contributed by atoms with Crippen LogP contribution in [0.2, 0.25) is 0 Å². The lowest BCUT2D eigenvalue weighted by molar-refractivity contribution is -0.152. The fourth-order valence-corrected chi connectivity index (χ4v) is 6.67. The molecule has 2 unspecified atom stereocenters. The first-order chi connectivity index (χ1) is 18.1. The van der Waals surface area contributed by atoms with Crippen molar-refractivity contribution in [2.75, 3.05) is 0 Å². The molecule has 0 aliphatic carbocycles. The first-order valence-corrected chi connectivity index (χ1v) is 17.0. The molecule has 0 aromatic heterocycles. The molecule has 0 aromatic rings. The number of carboxylic acids is 2. The molecule has 2 atom stereocenters. The van der Waals surface area contributed by atoms with E-state index in [1.54, 1.807) is 0 Å². The third-order valence-corrected chi connectivity index (χ3v) is 9.52. The topological polar surface area (TPSA) is 199 Å². The van der Waals surface area contributed by atoms with Crippen LogP contribution in [0.15, 0.2) is 0 Å². The van der Waals surface area contributed by atoms with Crippen LogP contribution in [0.4, 0.5) is 0 Å². The molecular weight excluding hydrogens is 532 g/mol. The summed E-state index contributed by atoms with van der Waals surface area (Å²) in [6.45, 7) is 4.39. The average molecular weight is 597 g/mol. The van der Waals surface area contributed by atoms with Crippen LogP contribution in [-0.2, 0) is 19.7 Å². The van der Waals surface area contributed by atoms with Crippen LogP contribution in [0.3, 0.4) is 0 Å². The normalized spacial score (nSPS) is 13.6. The van der Waals surface area contributed by atoms with Crippen molar-refractivity contribution in [2.45, 2.75) is 173 Å². The van der Waals surface area contributed by atoms with Gasteiger partial charge in [0.15, 0.2) is 0 Å². The second-order valence-electron chi connectivity index (χ2n) is 11.2. The van der Waals surface area contributed by atoms with Gasteiger partial charge in [0.1, 0.15) is 0 Å². The summed E-state index contributed by atoms with van der Waals surface area (Å²) in [7, 11) is -5.13. The Morgan fingerprint density at radius 1 is 0.575 bits per heavy atom. The summed E-state index contributed by atoms with van der Waals surface area (Å²) >= 11 is 0. The molecular formula is C30H64N2O7S. The number of hydrogen-bond acceptors (Lipinski definition) is 6. The van der Waals surface area contributed by atoms with Crippen LogP contribution < -0.4 is 12.3 Å². The third kappa shape index (κ3) is 18.3. The Balaban J connectivity index is -0.00000684. The number of rotatable bonds is 28. The highest BCUT2D eigenvalue weighted by atomic mass is 32.2. The first kappa shape index (κ1) is 43.2. The second-order valence-corrected chi connectivity index (χ2v) is 12.8. The molecule has 10 heteroatoms. The zero-order valence-electron chi connectivity index (χ0n) is 25.8. The maximum atomic E-state index is 12.4. The molecule has 0 saturated heterocycles. The average Bonchev–Trinajstić information content (AvgIpc) is 2.85. The van der Waals surface area contributed by atoms with Crippen LogP contribution in [0, 0.1) is 5.92 Å². The molecule has 0 aliphatic rings. The zero-order chi connectivity index (χ0) is 28.7. The van der Waals surface area contributed by atoms with Crippen molar-refractivity contribution < 1.29 is 32.8 Å². The summed E-state index contributed by atoms with van der Waals surface area (Å²) in [5.74, 6) is -4.90. The fraction of sp³-hybridized carbons (Fsp3) is 0.933. The van der Waals surface area contributed by atoms with Gasteiger partial charge in [0.05, 0.1) is 5.92 Å². The van der Waals surface area contributed by atoms with E-state index in [9.17, 15) is 32.8 Å². The van der Waals surface area contributed by atoms with E-state index >= 15 is 0 Å². The quantitative estimate of drug-likeness (QED) is 0.0431. The van der Waals surface area contributed by atoms with E-state index in [1.165, 1.54) is 70.6 Å².